The number of nitrogens with zero attached hydrogens (tertiary/aromatic N) is 2. The Balaban J connectivity index is 2.42. The van der Waals surface area contributed by atoms with Gasteiger partial charge in [0, 0.05) is 19.4 Å². The first-order valence-corrected chi connectivity index (χ1v) is 7.09. The highest BCUT2D eigenvalue weighted by Crippen LogP contribution is 2.12. The molecule has 19 heavy (non-hydrogen) atoms. The molecule has 0 fully saturated rings. The largest absolute Gasteiger partial charge is 0.390 e. The molecule has 1 atom stereocenters. The number of aliphatic hydroxyl groups excluding tert-OH is 1. The van der Waals surface area contributed by atoms with E-state index in [9.17, 15) is 14.7 Å². The Morgan fingerprint density at radius 1 is 1.53 bits per heavy atom. The lowest BCUT2D eigenvalue weighted by molar-refractivity contribution is 0.0473. The van der Waals surface area contributed by atoms with Crippen LogP contribution in [0.3, 0.4) is 0 Å². The molecule has 0 aromatic carbocycles. The number of aliphatic hydroxyl groups is 1. The first-order chi connectivity index (χ1) is 9.04. The number of thioether (sulfide) groups is 1. The smallest absolute Gasteiger partial charge is 0.339 e. The van der Waals surface area contributed by atoms with Gasteiger partial charge in [-0.1, -0.05) is 25.1 Å². The molecule has 0 aliphatic heterocycles. The number of hydrogen-bond acceptors (Lipinski definition) is 6. The summed E-state index contributed by atoms with van der Waals surface area (Å²) in [5.41, 5.74) is -1.58. The fourth-order valence-electron chi connectivity index (χ4n) is 1.27. The maximum atomic E-state index is 11.1. The summed E-state index contributed by atoms with van der Waals surface area (Å²) in [6.45, 7) is 2.95. The van der Waals surface area contributed by atoms with E-state index in [1.165, 1.54) is 16.4 Å². The predicted octanol–water partition coefficient (Wildman–Crippen LogP) is -0.262. The van der Waals surface area contributed by atoms with Crippen molar-refractivity contribution in [2.45, 2.75) is 31.0 Å². The van der Waals surface area contributed by atoms with Crippen LogP contribution in [0.2, 0.25) is 0 Å². The number of H-pyrrole nitrogens is 1. The summed E-state index contributed by atoms with van der Waals surface area (Å²) >= 11 is 1.19. The minimum atomic E-state index is -0.825. The molecule has 0 aliphatic rings. The van der Waals surface area contributed by atoms with Gasteiger partial charge in [-0.15, -0.1) is 0 Å². The van der Waals surface area contributed by atoms with Gasteiger partial charge in [0.15, 0.2) is 5.16 Å². The van der Waals surface area contributed by atoms with Gasteiger partial charge in [0.2, 0.25) is 0 Å². The average Bonchev–Trinajstić information content (AvgIpc) is 2.37. The van der Waals surface area contributed by atoms with Crippen LogP contribution in [0.4, 0.5) is 0 Å². The van der Waals surface area contributed by atoms with Gasteiger partial charge in [0.25, 0.3) is 0 Å². The van der Waals surface area contributed by atoms with Gasteiger partial charge in [0.05, 0.1) is 12.7 Å². The number of hydrogen-bond donors (Lipinski definition) is 2. The predicted molar refractivity (Wildman–Crippen MR) is 72.6 cm³/mol. The Morgan fingerprint density at radius 2 is 2.26 bits per heavy atom. The topological polar surface area (TPSA) is 97.2 Å². The van der Waals surface area contributed by atoms with Crippen molar-refractivity contribution in [1.82, 2.24) is 14.8 Å². The standard InChI is InChI=1S/C11H19N3O4S/c1-3-4-5-18-6-8(15)7-19-11-12-9(16)10(17)13-14(11)2/h8,15H,3-7H2,1-2H3,(H,13,17). The Bertz CT molecular complexity index is 499. The van der Waals surface area contributed by atoms with Gasteiger partial charge in [-0.25, -0.2) is 0 Å². The van der Waals surface area contributed by atoms with Gasteiger partial charge >= 0.3 is 11.1 Å². The number of nitrogens with one attached hydrogen (secondary N) is 1. The van der Waals surface area contributed by atoms with Crippen molar-refractivity contribution in [3.63, 3.8) is 0 Å². The zero-order valence-corrected chi connectivity index (χ0v) is 11.9. The van der Waals surface area contributed by atoms with Crippen LogP contribution >= 0.6 is 11.8 Å². The Morgan fingerprint density at radius 3 is 2.95 bits per heavy atom. The van der Waals surface area contributed by atoms with E-state index in [1.807, 2.05) is 0 Å². The van der Waals surface area contributed by atoms with Crippen LogP contribution in [0.5, 0.6) is 0 Å². The Labute approximate surface area is 115 Å². The zero-order valence-electron chi connectivity index (χ0n) is 11.1. The molecule has 1 aromatic heterocycles. The summed E-state index contributed by atoms with van der Waals surface area (Å²) in [5.74, 6) is 0.346. The second-order valence-corrected chi connectivity index (χ2v) is 5.08. The third kappa shape index (κ3) is 5.58. The van der Waals surface area contributed by atoms with Gasteiger partial charge in [-0.05, 0) is 6.42 Å². The average molecular weight is 289 g/mol. The highest BCUT2D eigenvalue weighted by atomic mass is 32.2. The third-order valence-corrected chi connectivity index (χ3v) is 3.48. The summed E-state index contributed by atoms with van der Waals surface area (Å²) < 4.78 is 6.65. The molecule has 1 unspecified atom stereocenters. The molecule has 7 nitrogen and oxygen atoms in total. The maximum Gasteiger partial charge on any atom is 0.339 e. The van der Waals surface area contributed by atoms with E-state index < -0.39 is 17.2 Å². The van der Waals surface area contributed by atoms with E-state index in [1.54, 1.807) is 7.05 Å². The molecule has 8 heteroatoms. The highest BCUT2D eigenvalue weighted by molar-refractivity contribution is 7.99. The fourth-order valence-corrected chi connectivity index (χ4v) is 2.10. The second-order valence-electron chi connectivity index (χ2n) is 4.09. The van der Waals surface area contributed by atoms with E-state index in [2.05, 4.69) is 17.0 Å². The first kappa shape index (κ1) is 15.9. The molecular formula is C11H19N3O4S. The van der Waals surface area contributed by atoms with Crippen molar-refractivity contribution in [3.8, 4) is 0 Å². The molecule has 1 heterocycles. The number of aromatic amines is 1. The van der Waals surface area contributed by atoms with Gasteiger partial charge < -0.3 is 9.84 Å². The lowest BCUT2D eigenvalue weighted by Crippen LogP contribution is -2.34. The van der Waals surface area contributed by atoms with Crippen LogP contribution in [-0.2, 0) is 11.8 Å². The summed E-state index contributed by atoms with van der Waals surface area (Å²) in [6.07, 6.45) is 1.38. The Hall–Kier alpha value is -1.12. The second kappa shape index (κ2) is 8.13. The summed E-state index contributed by atoms with van der Waals surface area (Å²) in [4.78, 5) is 25.7. The van der Waals surface area contributed by atoms with Crippen LogP contribution < -0.4 is 11.1 Å². The third-order valence-electron chi connectivity index (χ3n) is 2.30. The number of unbranched alkanes of at least 4 members (excludes halogenated alkanes) is 1. The quantitative estimate of drug-likeness (QED) is 0.389. The highest BCUT2D eigenvalue weighted by Gasteiger charge is 2.09. The molecule has 108 valence electrons. The van der Waals surface area contributed by atoms with Gasteiger partial charge in [-0.2, -0.15) is 4.98 Å². The minimum absolute atomic E-state index is 0.254. The van der Waals surface area contributed by atoms with E-state index in [0.29, 0.717) is 17.5 Å². The fraction of sp³-hybridized carbons (Fsp3) is 0.727. The van der Waals surface area contributed by atoms with Crippen molar-refractivity contribution >= 4 is 11.8 Å². The van der Waals surface area contributed by atoms with Crippen molar-refractivity contribution in [1.29, 1.82) is 0 Å². The molecule has 0 amide bonds. The van der Waals surface area contributed by atoms with Crippen molar-refractivity contribution in [2.75, 3.05) is 19.0 Å². The molecule has 0 saturated heterocycles. The number of ether oxygens (including phenoxy) is 1. The lowest BCUT2D eigenvalue weighted by Gasteiger charge is -2.11. The number of rotatable bonds is 8. The molecule has 0 spiro atoms. The van der Waals surface area contributed by atoms with E-state index >= 15 is 0 Å². The van der Waals surface area contributed by atoms with Crippen molar-refractivity contribution in [3.05, 3.63) is 20.7 Å². The molecule has 0 radical (unpaired) electrons. The van der Waals surface area contributed by atoms with Gasteiger partial charge in [0.1, 0.15) is 0 Å². The molecule has 1 aromatic rings. The van der Waals surface area contributed by atoms with Crippen LogP contribution in [0.15, 0.2) is 14.7 Å². The molecule has 0 bridgehead atoms. The summed E-state index contributed by atoms with van der Waals surface area (Å²) in [5, 5.41) is 12.4. The van der Waals surface area contributed by atoms with Crippen molar-refractivity contribution < 1.29 is 9.84 Å². The Kier molecular flexibility index (Phi) is 6.82. The molecule has 0 aliphatic carbocycles. The SMILES string of the molecule is CCCCOCC(O)CSc1nc(=O)c(=O)[nH]n1C. The summed E-state index contributed by atoms with van der Waals surface area (Å²) in [6, 6.07) is 0. The first-order valence-electron chi connectivity index (χ1n) is 6.10. The molecule has 1 rings (SSSR count). The molecular weight excluding hydrogens is 270 g/mol. The van der Waals surface area contributed by atoms with E-state index in [4.69, 9.17) is 4.74 Å². The van der Waals surface area contributed by atoms with Crippen molar-refractivity contribution in [2.24, 2.45) is 7.05 Å². The maximum absolute atomic E-state index is 11.1. The van der Waals surface area contributed by atoms with Crippen LogP contribution in [0, 0.1) is 0 Å². The lowest BCUT2D eigenvalue weighted by atomic mass is 10.3. The zero-order chi connectivity index (χ0) is 14.3. The molecule has 2 N–H and O–H groups in total. The van der Waals surface area contributed by atoms with Gasteiger partial charge in [-0.3, -0.25) is 19.4 Å². The minimum Gasteiger partial charge on any atom is -0.390 e. The van der Waals surface area contributed by atoms with E-state index in [0.717, 1.165) is 12.8 Å². The van der Waals surface area contributed by atoms with Crippen LogP contribution in [-0.4, -0.2) is 44.9 Å². The van der Waals surface area contributed by atoms with Crippen LogP contribution in [0.25, 0.3) is 0 Å². The monoisotopic (exact) mass is 289 g/mol. The summed E-state index contributed by atoms with van der Waals surface area (Å²) in [7, 11) is 1.58. The molecule has 0 saturated carbocycles. The normalized spacial score (nSPS) is 12.6. The number of aryl methyl sites for hydroxylation is 1. The van der Waals surface area contributed by atoms with Crippen LogP contribution in [0.1, 0.15) is 19.8 Å². The number of aromatic nitrogens is 3. The van der Waals surface area contributed by atoms with E-state index in [-0.39, 0.29) is 6.61 Å².